The number of phenolic OH excluding ortho intramolecular Hbond substituents is 1. The molecule has 3 N–H and O–H groups in total. The predicted octanol–water partition coefficient (Wildman–Crippen LogP) is 1.30. The minimum Gasteiger partial charge on any atom is -0.508 e. The van der Waals surface area contributed by atoms with E-state index in [4.69, 9.17) is 0 Å². The molecule has 90 valence electrons. The highest BCUT2D eigenvalue weighted by Gasteiger charge is 2.12. The quantitative estimate of drug-likeness (QED) is 0.467. The zero-order valence-corrected chi connectivity index (χ0v) is 9.75. The van der Waals surface area contributed by atoms with Crippen LogP contribution < -0.4 is 9.83 Å². The van der Waals surface area contributed by atoms with Crippen LogP contribution in [0.15, 0.2) is 36.7 Å². The van der Waals surface area contributed by atoms with E-state index in [1.165, 1.54) is 0 Å². The molecule has 0 radical (unpaired) electrons. The van der Waals surface area contributed by atoms with Gasteiger partial charge in [-0.1, -0.05) is 4.98 Å². The molecule has 2 heterocycles. The van der Waals surface area contributed by atoms with E-state index in [1.54, 1.807) is 35.1 Å². The molecule has 2 aromatic heterocycles. The van der Waals surface area contributed by atoms with Gasteiger partial charge in [0.25, 0.3) is 0 Å². The topological polar surface area (TPSA) is 77.9 Å². The molecule has 0 aliphatic heterocycles. The Hall–Kier alpha value is -2.63. The summed E-state index contributed by atoms with van der Waals surface area (Å²) in [6.45, 7) is 1.91. The van der Waals surface area contributed by atoms with Crippen molar-refractivity contribution in [2.45, 2.75) is 6.92 Å². The molecule has 0 unspecified atom stereocenters. The Morgan fingerprint density at radius 1 is 1.28 bits per heavy atom. The molecule has 0 fully saturated rings. The lowest BCUT2D eigenvalue weighted by Gasteiger charge is -2.03. The van der Waals surface area contributed by atoms with Crippen molar-refractivity contribution >= 4 is 17.3 Å². The van der Waals surface area contributed by atoms with Gasteiger partial charge in [0.15, 0.2) is 6.33 Å². The second-order valence-corrected chi connectivity index (χ2v) is 3.98. The van der Waals surface area contributed by atoms with Crippen LogP contribution in [0.3, 0.4) is 0 Å². The molecular formula is C12H12N5O+. The number of H-pyrrole nitrogens is 1. The number of rotatable bonds is 2. The van der Waals surface area contributed by atoms with Gasteiger partial charge in [-0.15, -0.1) is 9.50 Å². The highest BCUT2D eigenvalue weighted by molar-refractivity contribution is 5.55. The highest BCUT2D eigenvalue weighted by atomic mass is 16.3. The van der Waals surface area contributed by atoms with Crippen LogP contribution in [-0.2, 0) is 0 Å². The average molecular weight is 242 g/mol. The lowest BCUT2D eigenvalue weighted by atomic mass is 10.3. The number of aryl methyl sites for hydroxylation is 1. The van der Waals surface area contributed by atoms with Crippen molar-refractivity contribution in [1.29, 1.82) is 0 Å². The summed E-state index contributed by atoms with van der Waals surface area (Å²) in [6.07, 6.45) is 1.59. The predicted molar refractivity (Wildman–Crippen MR) is 65.7 cm³/mol. The number of hydrogen-bond acceptors (Lipinski definition) is 4. The number of nitrogens with zero attached hydrogens (tertiary/aromatic N) is 3. The Morgan fingerprint density at radius 2 is 2.06 bits per heavy atom. The fourth-order valence-corrected chi connectivity index (χ4v) is 1.75. The Bertz CT molecular complexity index is 689. The second kappa shape index (κ2) is 3.99. The Labute approximate surface area is 103 Å². The van der Waals surface area contributed by atoms with Gasteiger partial charge in [0.2, 0.25) is 5.82 Å². The van der Waals surface area contributed by atoms with Gasteiger partial charge < -0.3 is 5.11 Å². The lowest BCUT2D eigenvalue weighted by Crippen LogP contribution is -2.28. The van der Waals surface area contributed by atoms with E-state index in [1.807, 2.05) is 13.0 Å². The molecule has 3 rings (SSSR count). The summed E-state index contributed by atoms with van der Waals surface area (Å²) in [5.41, 5.74) is 1.75. The van der Waals surface area contributed by atoms with Crippen LogP contribution >= 0.6 is 0 Å². The van der Waals surface area contributed by atoms with E-state index in [9.17, 15) is 5.11 Å². The number of anilines is 2. The third-order valence-electron chi connectivity index (χ3n) is 2.57. The summed E-state index contributed by atoms with van der Waals surface area (Å²) in [7, 11) is 0. The van der Waals surface area contributed by atoms with Gasteiger partial charge in [-0.2, -0.15) is 0 Å². The van der Waals surface area contributed by atoms with E-state index in [2.05, 4.69) is 20.4 Å². The van der Waals surface area contributed by atoms with Crippen LogP contribution in [0.1, 0.15) is 5.69 Å². The van der Waals surface area contributed by atoms with Crippen LogP contribution in [0.2, 0.25) is 0 Å². The molecule has 6 nitrogen and oxygen atoms in total. The summed E-state index contributed by atoms with van der Waals surface area (Å²) in [5.74, 6) is 1.68. The first-order valence-electron chi connectivity index (χ1n) is 5.51. The van der Waals surface area contributed by atoms with Crippen molar-refractivity contribution in [2.75, 3.05) is 5.32 Å². The average Bonchev–Trinajstić information content (AvgIpc) is 2.80. The third-order valence-corrected chi connectivity index (χ3v) is 2.57. The summed E-state index contributed by atoms with van der Waals surface area (Å²) in [5, 5.41) is 15.5. The number of phenols is 1. The maximum atomic E-state index is 9.25. The van der Waals surface area contributed by atoms with E-state index in [-0.39, 0.29) is 5.75 Å². The van der Waals surface area contributed by atoms with E-state index in [0.29, 0.717) is 5.78 Å². The maximum absolute atomic E-state index is 9.25. The Morgan fingerprint density at radius 3 is 2.83 bits per heavy atom. The number of aromatic hydroxyl groups is 1. The molecule has 0 saturated heterocycles. The fraction of sp³-hybridized carbons (Fsp3) is 0.0833. The minimum atomic E-state index is 0.241. The molecule has 3 aromatic rings. The first-order chi connectivity index (χ1) is 8.72. The van der Waals surface area contributed by atoms with Crippen molar-refractivity contribution < 1.29 is 9.62 Å². The van der Waals surface area contributed by atoms with Crippen LogP contribution in [-0.4, -0.2) is 20.2 Å². The zero-order valence-electron chi connectivity index (χ0n) is 9.75. The van der Waals surface area contributed by atoms with Gasteiger partial charge in [-0.25, -0.2) is 5.10 Å². The van der Waals surface area contributed by atoms with Crippen molar-refractivity contribution in [3.05, 3.63) is 42.4 Å². The molecule has 0 bridgehead atoms. The zero-order chi connectivity index (χ0) is 12.5. The first kappa shape index (κ1) is 10.5. The Kier molecular flexibility index (Phi) is 2.33. The molecule has 18 heavy (non-hydrogen) atoms. The van der Waals surface area contributed by atoms with Gasteiger partial charge in [0, 0.05) is 6.07 Å². The van der Waals surface area contributed by atoms with E-state index >= 15 is 0 Å². The van der Waals surface area contributed by atoms with E-state index in [0.717, 1.165) is 17.2 Å². The SMILES string of the molecule is Cc1cc(Nc2ccc(O)cc2)[n+]2[nH]cnc2n1. The second-order valence-electron chi connectivity index (χ2n) is 3.98. The number of benzene rings is 1. The van der Waals surface area contributed by atoms with E-state index < -0.39 is 0 Å². The first-order valence-corrected chi connectivity index (χ1v) is 5.51. The Balaban J connectivity index is 2.03. The van der Waals surface area contributed by atoms with Crippen LogP contribution in [0, 0.1) is 6.92 Å². The van der Waals surface area contributed by atoms with Gasteiger partial charge in [-0.3, -0.25) is 5.32 Å². The van der Waals surface area contributed by atoms with Crippen molar-refractivity contribution in [2.24, 2.45) is 0 Å². The number of hydrogen-bond donors (Lipinski definition) is 3. The number of aromatic amines is 1. The van der Waals surface area contributed by atoms with Crippen LogP contribution in [0.4, 0.5) is 11.5 Å². The highest BCUT2D eigenvalue weighted by Crippen LogP contribution is 2.17. The number of nitrogens with one attached hydrogen (secondary N) is 2. The molecular weight excluding hydrogens is 230 g/mol. The standard InChI is InChI=1S/C12H11N5O/c1-8-6-11(17-12(15-8)13-7-14-17)16-9-2-4-10(18)5-3-9/h2-7H,1H3,(H2,13,14,15,16,18)/p+1. The van der Waals surface area contributed by atoms with Crippen molar-refractivity contribution in [3.8, 4) is 5.75 Å². The van der Waals surface area contributed by atoms with Crippen LogP contribution in [0.25, 0.3) is 5.78 Å². The number of aromatic nitrogens is 4. The molecule has 0 spiro atoms. The monoisotopic (exact) mass is 242 g/mol. The van der Waals surface area contributed by atoms with Crippen molar-refractivity contribution in [3.63, 3.8) is 0 Å². The summed E-state index contributed by atoms with van der Waals surface area (Å²) >= 11 is 0. The lowest BCUT2D eigenvalue weighted by molar-refractivity contribution is -0.564. The molecule has 0 aliphatic carbocycles. The third kappa shape index (κ3) is 1.84. The van der Waals surface area contributed by atoms with Crippen molar-refractivity contribution in [1.82, 2.24) is 15.1 Å². The van der Waals surface area contributed by atoms with Gasteiger partial charge >= 0.3 is 5.78 Å². The maximum Gasteiger partial charge on any atom is 0.408 e. The number of fused-ring (bicyclic) bond motifs is 1. The molecule has 0 aliphatic rings. The molecule has 6 heteroatoms. The van der Waals surface area contributed by atoms with Crippen LogP contribution in [0.5, 0.6) is 5.75 Å². The normalized spacial score (nSPS) is 10.7. The van der Waals surface area contributed by atoms with Gasteiger partial charge in [-0.05, 0) is 31.2 Å². The molecule has 0 amide bonds. The fourth-order valence-electron chi connectivity index (χ4n) is 1.75. The largest absolute Gasteiger partial charge is 0.508 e. The summed E-state index contributed by atoms with van der Waals surface area (Å²) < 4.78 is 1.75. The minimum absolute atomic E-state index is 0.241. The summed E-state index contributed by atoms with van der Waals surface area (Å²) in [6, 6.07) is 8.77. The summed E-state index contributed by atoms with van der Waals surface area (Å²) in [4.78, 5) is 8.40. The van der Waals surface area contributed by atoms with Gasteiger partial charge in [0.05, 0.1) is 5.69 Å². The smallest absolute Gasteiger partial charge is 0.408 e. The van der Waals surface area contributed by atoms with Gasteiger partial charge in [0.1, 0.15) is 11.4 Å². The molecule has 1 aromatic carbocycles. The molecule has 0 atom stereocenters. The molecule has 0 saturated carbocycles.